The molecular weight excluding hydrogens is 553 g/mol. The van der Waals surface area contributed by atoms with E-state index in [-0.39, 0.29) is 40.9 Å². The van der Waals surface area contributed by atoms with Crippen molar-refractivity contribution in [2.75, 3.05) is 20.1 Å². The minimum atomic E-state index is -2.67. The zero-order valence-corrected chi connectivity index (χ0v) is 24.9. The zero-order valence-electron chi connectivity index (χ0n) is 24.9. The molecule has 0 aliphatic carbocycles. The van der Waals surface area contributed by atoms with E-state index in [1.807, 2.05) is 13.8 Å². The molecule has 0 bridgehead atoms. The van der Waals surface area contributed by atoms with Crippen LogP contribution in [0.15, 0.2) is 36.4 Å². The first kappa shape index (κ1) is 34.0. The van der Waals surface area contributed by atoms with Crippen molar-refractivity contribution in [2.45, 2.75) is 60.4 Å². The van der Waals surface area contributed by atoms with Gasteiger partial charge in [0, 0.05) is 43.4 Å². The second-order valence-electron chi connectivity index (χ2n) is 11.6. The van der Waals surface area contributed by atoms with Gasteiger partial charge in [0.1, 0.15) is 41.4 Å². The first-order chi connectivity index (χ1) is 20.4. The number of carbonyl (C=O) groups excluding carboxylic acids is 3. The molecule has 1 N–H and O–H groups in total. The highest BCUT2D eigenvalue weighted by Gasteiger charge is 2.58. The number of halogens is 1. The fourth-order valence-corrected chi connectivity index (χ4v) is 5.72. The summed E-state index contributed by atoms with van der Waals surface area (Å²) < 4.78 is 26.9. The number of aldehydes is 1. The first-order valence-corrected chi connectivity index (χ1v) is 13.9. The SMILES string of the molecule is [B]C([B])(Oc1cccc2c1CN(C([B])(C(=O)NC)C([B])([B])C([B])([B])C=O)C2=O)c1cc(CN2CC(C)OC(C)C2)ccc1F. The zero-order chi connectivity index (χ0) is 32.8. The highest BCUT2D eigenvalue weighted by atomic mass is 19.1. The molecule has 2 amide bonds. The lowest BCUT2D eigenvalue weighted by molar-refractivity contribution is -0.128. The number of benzene rings is 2. The molecule has 3 atom stereocenters. The number of likely N-dealkylation sites (N-methyl/N-ethyl adjacent to an activating group) is 1. The molecule has 1 saturated heterocycles. The van der Waals surface area contributed by atoms with Gasteiger partial charge in [-0.25, -0.2) is 4.39 Å². The molecule has 212 valence electrons. The van der Waals surface area contributed by atoms with Gasteiger partial charge in [-0.1, -0.05) is 22.6 Å². The second-order valence-corrected chi connectivity index (χ2v) is 11.6. The summed E-state index contributed by atoms with van der Waals surface area (Å²) in [4.78, 5) is 41.5. The van der Waals surface area contributed by atoms with Crippen molar-refractivity contribution in [2.24, 2.45) is 0 Å². The van der Waals surface area contributed by atoms with Gasteiger partial charge in [0.15, 0.2) is 0 Å². The monoisotopic (exact) mass is 581 g/mol. The minimum absolute atomic E-state index is 0.00923. The van der Waals surface area contributed by atoms with Crippen LogP contribution in [0, 0.1) is 5.82 Å². The average molecular weight is 580 g/mol. The largest absolute Gasteiger partial charge is 0.502 e. The molecule has 2 aromatic rings. The number of morpholine rings is 1. The maximum atomic E-state index is 15.2. The summed E-state index contributed by atoms with van der Waals surface area (Å²) >= 11 is 0. The van der Waals surface area contributed by atoms with Crippen molar-refractivity contribution in [3.8, 4) is 5.75 Å². The summed E-state index contributed by atoms with van der Waals surface area (Å²) in [5, 5.41) is -5.14. The van der Waals surface area contributed by atoms with Crippen molar-refractivity contribution in [3.63, 3.8) is 0 Å². The van der Waals surface area contributed by atoms with Crippen LogP contribution in [-0.4, -0.2) is 121 Å². The summed E-state index contributed by atoms with van der Waals surface area (Å²) in [7, 11) is 44.4. The van der Waals surface area contributed by atoms with Gasteiger partial charge in [-0.3, -0.25) is 14.5 Å². The van der Waals surface area contributed by atoms with Crippen LogP contribution in [0.2, 0.25) is 10.4 Å². The third kappa shape index (κ3) is 5.92. The number of amides is 2. The van der Waals surface area contributed by atoms with Crippen molar-refractivity contribution in [1.29, 1.82) is 0 Å². The van der Waals surface area contributed by atoms with Crippen LogP contribution < -0.4 is 10.1 Å². The Labute approximate surface area is 266 Å². The van der Waals surface area contributed by atoms with Crippen molar-refractivity contribution >= 4 is 73.0 Å². The number of rotatable bonds is 10. The standard InChI is InChI=1S/C28H27B7FN3O5/c1-15-10-38(11-16(2)43-15)12-17-7-8-21(36)20(9-17)27(32,33)44-22-6-4-5-18-19(22)13-39(23(18)41)26(31,24(42)37-3)28(34,35)25(29,30)14-40/h4-9,14-16H,10-13H2,1-3H3,(H,37,42). The third-order valence-electron chi connectivity index (χ3n) is 8.10. The van der Waals surface area contributed by atoms with Crippen molar-refractivity contribution < 1.29 is 28.2 Å². The molecule has 2 aromatic carbocycles. The molecule has 3 unspecified atom stereocenters. The Kier molecular flexibility index (Phi) is 9.41. The normalized spacial score (nSPS) is 20.9. The van der Waals surface area contributed by atoms with E-state index in [4.69, 9.17) is 64.4 Å². The van der Waals surface area contributed by atoms with E-state index in [2.05, 4.69) is 10.2 Å². The predicted octanol–water partition coefficient (Wildman–Crippen LogP) is -0.367. The van der Waals surface area contributed by atoms with E-state index < -0.39 is 45.4 Å². The molecule has 1 fully saturated rings. The fourth-order valence-electron chi connectivity index (χ4n) is 5.72. The van der Waals surface area contributed by atoms with Crippen molar-refractivity contribution in [3.05, 3.63) is 64.5 Å². The number of hydrogen-bond donors (Lipinski definition) is 1. The number of carbonyl (C=O) groups is 3. The number of nitrogens with one attached hydrogen (secondary N) is 1. The summed E-state index contributed by atoms with van der Waals surface area (Å²) in [6.45, 7) is 5.43. The van der Waals surface area contributed by atoms with Crippen LogP contribution in [0.5, 0.6) is 5.75 Å². The van der Waals surface area contributed by atoms with Gasteiger partial charge in [-0.05, 0) is 43.7 Å². The summed E-state index contributed by atoms with van der Waals surface area (Å²) in [5.41, 5.74) is -1.81. The highest BCUT2D eigenvalue weighted by Crippen LogP contribution is 2.52. The molecule has 2 heterocycles. The molecule has 2 aliphatic rings. The van der Waals surface area contributed by atoms with Gasteiger partial charge in [0.2, 0.25) is 5.91 Å². The molecule has 0 saturated carbocycles. The van der Waals surface area contributed by atoms with Crippen LogP contribution in [0.4, 0.5) is 4.39 Å². The Morgan fingerprint density at radius 3 is 2.32 bits per heavy atom. The van der Waals surface area contributed by atoms with Gasteiger partial charge >= 0.3 is 0 Å². The van der Waals surface area contributed by atoms with Crippen LogP contribution in [0.25, 0.3) is 0 Å². The smallest absolute Gasteiger partial charge is 0.254 e. The van der Waals surface area contributed by atoms with Gasteiger partial charge in [-0.15, -0.1) is 0 Å². The van der Waals surface area contributed by atoms with Crippen LogP contribution in [0.3, 0.4) is 0 Å². The molecule has 8 nitrogen and oxygen atoms in total. The Balaban J connectivity index is 1.67. The fraction of sp³-hybridized carbons (Fsp3) is 0.464. The van der Waals surface area contributed by atoms with Crippen LogP contribution >= 0.6 is 0 Å². The minimum Gasteiger partial charge on any atom is -0.502 e. The molecule has 44 heavy (non-hydrogen) atoms. The molecule has 4 rings (SSSR count). The van der Waals surface area contributed by atoms with Crippen LogP contribution in [0.1, 0.15) is 40.9 Å². The van der Waals surface area contributed by atoms with E-state index >= 15 is 4.39 Å². The topological polar surface area (TPSA) is 88.2 Å². The molecular formula is C28H27B7FN3O5. The Morgan fingerprint density at radius 2 is 1.73 bits per heavy atom. The van der Waals surface area contributed by atoms with Gasteiger partial charge < -0.3 is 24.5 Å². The third-order valence-corrected chi connectivity index (χ3v) is 8.10. The molecule has 0 aromatic heterocycles. The predicted molar refractivity (Wildman–Crippen MR) is 169 cm³/mol. The summed E-state index contributed by atoms with van der Waals surface area (Å²) in [6, 6.07) is 8.77. The quantitative estimate of drug-likeness (QED) is 0.305. The number of fused-ring (bicyclic) bond motifs is 1. The van der Waals surface area contributed by atoms with E-state index in [9.17, 15) is 14.4 Å². The molecule has 14 radical (unpaired) electrons. The molecule has 0 spiro atoms. The Hall–Kier alpha value is -2.85. The maximum Gasteiger partial charge on any atom is 0.254 e. The Bertz CT molecular complexity index is 1450. The number of ether oxygens (including phenoxy) is 2. The number of hydrogen-bond acceptors (Lipinski definition) is 6. The molecule has 16 heteroatoms. The molecule has 2 aliphatic heterocycles. The summed E-state index contributed by atoms with van der Waals surface area (Å²) in [5.74, 6) is -2.57. The lowest BCUT2D eigenvalue weighted by Gasteiger charge is -2.56. The number of nitrogens with zero attached hydrogens (tertiary/aromatic N) is 2. The lowest BCUT2D eigenvalue weighted by Crippen LogP contribution is -2.69. The van der Waals surface area contributed by atoms with Crippen molar-refractivity contribution in [1.82, 2.24) is 15.1 Å². The van der Waals surface area contributed by atoms with E-state index in [0.717, 1.165) is 10.5 Å². The van der Waals surface area contributed by atoms with E-state index in [1.165, 1.54) is 37.4 Å². The van der Waals surface area contributed by atoms with Gasteiger partial charge in [0.25, 0.3) is 5.91 Å². The maximum absolute atomic E-state index is 15.2. The summed E-state index contributed by atoms with van der Waals surface area (Å²) in [6.07, 6.45) is 0.104. The van der Waals surface area contributed by atoms with Gasteiger partial charge in [0.05, 0.1) is 61.0 Å². The van der Waals surface area contributed by atoms with Gasteiger partial charge in [-0.2, -0.15) is 0 Å². The average Bonchev–Trinajstić information content (AvgIpc) is 3.29. The van der Waals surface area contributed by atoms with E-state index in [0.29, 0.717) is 19.6 Å². The van der Waals surface area contributed by atoms with E-state index in [1.54, 1.807) is 6.07 Å². The first-order valence-electron chi connectivity index (χ1n) is 13.9. The lowest BCUT2D eigenvalue weighted by atomic mass is 9.23. The highest BCUT2D eigenvalue weighted by molar-refractivity contribution is 6.63. The second kappa shape index (κ2) is 12.2. The Morgan fingerprint density at radius 1 is 1.09 bits per heavy atom. The van der Waals surface area contributed by atoms with Crippen LogP contribution in [-0.2, 0) is 32.8 Å².